The molecular weight excluding hydrogens is 252 g/mol. The van der Waals surface area contributed by atoms with Crippen LogP contribution in [0.1, 0.15) is 32.0 Å². The Kier molecular flexibility index (Phi) is 6.61. The van der Waals surface area contributed by atoms with Gasteiger partial charge >= 0.3 is 0 Å². The highest BCUT2D eigenvalue weighted by Gasteiger charge is 2.27. The second kappa shape index (κ2) is 7.97. The van der Waals surface area contributed by atoms with E-state index in [0.717, 1.165) is 18.7 Å². The van der Waals surface area contributed by atoms with Gasteiger partial charge in [0.25, 0.3) is 0 Å². The average molecular weight is 278 g/mol. The topological polar surface area (TPSA) is 62.5 Å². The van der Waals surface area contributed by atoms with Crippen molar-refractivity contribution in [2.45, 2.75) is 32.4 Å². The van der Waals surface area contributed by atoms with Crippen molar-refractivity contribution in [3.63, 3.8) is 0 Å². The van der Waals surface area contributed by atoms with Crippen LogP contribution in [0.5, 0.6) is 0 Å². The highest BCUT2D eigenvalue weighted by molar-refractivity contribution is 5.77. The van der Waals surface area contributed by atoms with Gasteiger partial charge in [-0.15, -0.1) is 0 Å². The predicted molar refractivity (Wildman–Crippen MR) is 81.2 cm³/mol. The number of hydrogen-bond donors (Lipinski definition) is 1. The maximum absolute atomic E-state index is 12.0. The zero-order chi connectivity index (χ0) is 15.1. The van der Waals surface area contributed by atoms with Gasteiger partial charge in [-0.3, -0.25) is 14.7 Å². The first-order chi connectivity index (χ1) is 9.51. The van der Waals surface area contributed by atoms with Crippen LogP contribution in [0.25, 0.3) is 0 Å². The van der Waals surface area contributed by atoms with Crippen LogP contribution in [-0.4, -0.2) is 53.9 Å². The van der Waals surface area contributed by atoms with Crippen molar-refractivity contribution in [1.29, 1.82) is 0 Å². The minimum atomic E-state index is -0.0418. The molecule has 0 aliphatic rings. The van der Waals surface area contributed by atoms with E-state index in [9.17, 15) is 4.79 Å². The fraction of sp³-hybridized carbons (Fsp3) is 0.600. The summed E-state index contributed by atoms with van der Waals surface area (Å²) in [6.07, 6.45) is 2.61. The Morgan fingerprint density at radius 3 is 2.50 bits per heavy atom. The fourth-order valence-corrected chi connectivity index (χ4v) is 2.17. The van der Waals surface area contributed by atoms with Crippen LogP contribution >= 0.6 is 0 Å². The first kappa shape index (κ1) is 16.6. The van der Waals surface area contributed by atoms with Crippen LogP contribution in [-0.2, 0) is 4.79 Å². The summed E-state index contributed by atoms with van der Waals surface area (Å²) in [5, 5.41) is 0. The normalized spacial score (nSPS) is 14.1. The van der Waals surface area contributed by atoms with Gasteiger partial charge in [0.15, 0.2) is 0 Å². The lowest BCUT2D eigenvalue weighted by Crippen LogP contribution is -2.45. The van der Waals surface area contributed by atoms with E-state index >= 15 is 0 Å². The van der Waals surface area contributed by atoms with Gasteiger partial charge < -0.3 is 10.6 Å². The summed E-state index contributed by atoms with van der Waals surface area (Å²) < 4.78 is 0. The zero-order valence-corrected chi connectivity index (χ0v) is 12.9. The Balaban J connectivity index is 2.99. The van der Waals surface area contributed by atoms with Gasteiger partial charge in [-0.2, -0.15) is 0 Å². The largest absolute Gasteiger partial charge is 0.348 e. The maximum atomic E-state index is 12.0. The number of pyridine rings is 1. The third kappa shape index (κ3) is 4.28. The van der Waals surface area contributed by atoms with Crippen LogP contribution in [0.3, 0.4) is 0 Å². The number of nitrogens with zero attached hydrogens (tertiary/aromatic N) is 3. The molecule has 2 atom stereocenters. The second-order valence-electron chi connectivity index (χ2n) is 5.12. The van der Waals surface area contributed by atoms with E-state index in [4.69, 9.17) is 5.73 Å². The first-order valence-corrected chi connectivity index (χ1v) is 7.11. The molecule has 0 saturated carbocycles. The quantitative estimate of drug-likeness (QED) is 0.816. The van der Waals surface area contributed by atoms with Gasteiger partial charge in [-0.1, -0.05) is 19.9 Å². The fourth-order valence-electron chi connectivity index (χ4n) is 2.17. The molecular formula is C15H26N4O. The SMILES string of the molecule is CCC(N)C(c1ccccn1)N(CC)CC(=O)N(C)C. The van der Waals surface area contributed by atoms with Crippen LogP contribution in [0.2, 0.25) is 0 Å². The van der Waals surface area contributed by atoms with Gasteiger partial charge in [-0.05, 0) is 25.1 Å². The third-order valence-corrected chi connectivity index (χ3v) is 3.50. The van der Waals surface area contributed by atoms with Crippen LogP contribution in [0, 0.1) is 0 Å². The van der Waals surface area contributed by atoms with Crippen LogP contribution in [0.15, 0.2) is 24.4 Å². The number of amides is 1. The summed E-state index contributed by atoms with van der Waals surface area (Å²) in [6.45, 7) is 5.22. The average Bonchev–Trinajstić information content (AvgIpc) is 2.46. The molecule has 5 heteroatoms. The standard InChI is InChI=1S/C15H26N4O/c1-5-12(16)15(13-9-7-8-10-17-13)19(6-2)11-14(20)18(3)4/h7-10,12,15H,5-6,11,16H2,1-4H3. The van der Waals surface area contributed by atoms with E-state index in [-0.39, 0.29) is 18.0 Å². The van der Waals surface area contributed by atoms with Crippen LogP contribution < -0.4 is 5.73 Å². The molecule has 0 aliphatic heterocycles. The van der Waals surface area contributed by atoms with Crippen molar-refractivity contribution in [3.8, 4) is 0 Å². The molecule has 1 aromatic rings. The molecule has 0 aliphatic carbocycles. The van der Waals surface area contributed by atoms with Gasteiger partial charge in [-0.25, -0.2) is 0 Å². The number of carbonyl (C=O) groups excluding carboxylic acids is 1. The molecule has 0 radical (unpaired) electrons. The monoisotopic (exact) mass is 278 g/mol. The Morgan fingerprint density at radius 2 is 2.05 bits per heavy atom. The Bertz CT molecular complexity index is 408. The Hall–Kier alpha value is -1.46. The summed E-state index contributed by atoms with van der Waals surface area (Å²) in [7, 11) is 3.54. The minimum Gasteiger partial charge on any atom is -0.348 e. The van der Waals surface area contributed by atoms with E-state index < -0.39 is 0 Å². The summed E-state index contributed by atoms with van der Waals surface area (Å²) in [5.74, 6) is 0.0797. The minimum absolute atomic E-state index is 0.0323. The van der Waals surface area contributed by atoms with E-state index in [1.807, 2.05) is 25.1 Å². The van der Waals surface area contributed by atoms with E-state index in [1.54, 1.807) is 25.2 Å². The highest BCUT2D eigenvalue weighted by atomic mass is 16.2. The first-order valence-electron chi connectivity index (χ1n) is 7.11. The molecule has 20 heavy (non-hydrogen) atoms. The predicted octanol–water partition coefficient (Wildman–Crippen LogP) is 1.27. The molecule has 1 heterocycles. The Morgan fingerprint density at radius 1 is 1.35 bits per heavy atom. The van der Waals surface area contributed by atoms with Gasteiger partial charge in [0.05, 0.1) is 18.3 Å². The van der Waals surface area contributed by atoms with Crippen molar-refractivity contribution >= 4 is 5.91 Å². The summed E-state index contributed by atoms with van der Waals surface area (Å²) >= 11 is 0. The maximum Gasteiger partial charge on any atom is 0.236 e. The molecule has 0 saturated heterocycles. The lowest BCUT2D eigenvalue weighted by atomic mass is 10.0. The molecule has 112 valence electrons. The van der Waals surface area contributed by atoms with Gasteiger partial charge in [0.1, 0.15) is 0 Å². The molecule has 0 spiro atoms. The summed E-state index contributed by atoms with van der Waals surface area (Å²) in [4.78, 5) is 20.1. The van der Waals surface area contributed by atoms with Crippen molar-refractivity contribution in [3.05, 3.63) is 30.1 Å². The Labute approximate surface area is 121 Å². The lowest BCUT2D eigenvalue weighted by molar-refractivity contribution is -0.130. The number of aromatic nitrogens is 1. The molecule has 1 aromatic heterocycles. The number of nitrogens with two attached hydrogens (primary N) is 1. The lowest BCUT2D eigenvalue weighted by Gasteiger charge is -2.34. The van der Waals surface area contributed by atoms with Crippen molar-refractivity contribution in [2.75, 3.05) is 27.2 Å². The number of hydrogen-bond acceptors (Lipinski definition) is 4. The smallest absolute Gasteiger partial charge is 0.236 e. The summed E-state index contributed by atoms with van der Waals surface area (Å²) in [5.41, 5.74) is 7.20. The molecule has 1 amide bonds. The number of likely N-dealkylation sites (N-methyl/N-ethyl adjacent to an activating group) is 2. The van der Waals surface area contributed by atoms with Crippen molar-refractivity contribution in [2.24, 2.45) is 5.73 Å². The molecule has 1 rings (SSSR count). The van der Waals surface area contributed by atoms with E-state index in [2.05, 4.69) is 16.8 Å². The number of rotatable bonds is 7. The highest BCUT2D eigenvalue weighted by Crippen LogP contribution is 2.23. The van der Waals surface area contributed by atoms with Crippen molar-refractivity contribution < 1.29 is 4.79 Å². The van der Waals surface area contributed by atoms with Gasteiger partial charge in [0.2, 0.25) is 5.91 Å². The number of carbonyl (C=O) groups is 1. The molecule has 5 nitrogen and oxygen atoms in total. The van der Waals surface area contributed by atoms with Crippen molar-refractivity contribution in [1.82, 2.24) is 14.8 Å². The molecule has 0 bridgehead atoms. The van der Waals surface area contributed by atoms with Gasteiger partial charge in [0, 0.05) is 26.3 Å². The second-order valence-corrected chi connectivity index (χ2v) is 5.12. The molecule has 2 unspecified atom stereocenters. The summed E-state index contributed by atoms with van der Waals surface area (Å²) in [6, 6.07) is 5.75. The molecule has 2 N–H and O–H groups in total. The zero-order valence-electron chi connectivity index (χ0n) is 12.9. The third-order valence-electron chi connectivity index (χ3n) is 3.50. The van der Waals surface area contributed by atoms with Crippen LogP contribution in [0.4, 0.5) is 0 Å². The van der Waals surface area contributed by atoms with E-state index in [0.29, 0.717) is 6.54 Å². The van der Waals surface area contributed by atoms with E-state index in [1.165, 1.54) is 0 Å². The molecule has 0 aromatic carbocycles. The molecule has 0 fully saturated rings.